The lowest BCUT2D eigenvalue weighted by molar-refractivity contribution is -0.145. The molecule has 43 heavy (non-hydrogen) atoms. The second-order valence-electron chi connectivity index (χ2n) is 10.3. The average Bonchev–Trinajstić information content (AvgIpc) is 3.54. The minimum atomic E-state index is -0.606. The zero-order chi connectivity index (χ0) is 30.4. The van der Waals surface area contributed by atoms with Crippen molar-refractivity contribution in [1.82, 2.24) is 14.9 Å². The third-order valence-electron chi connectivity index (χ3n) is 7.98. The summed E-state index contributed by atoms with van der Waals surface area (Å²) < 4.78 is 15.8. The Labute approximate surface area is 256 Å². The third kappa shape index (κ3) is 4.90. The number of amides is 2. The van der Waals surface area contributed by atoms with Gasteiger partial charge in [0.1, 0.15) is 11.5 Å². The average molecular weight is 621 g/mol. The molecule has 4 aromatic rings. The van der Waals surface area contributed by atoms with Crippen molar-refractivity contribution >= 4 is 57.8 Å². The van der Waals surface area contributed by atoms with Gasteiger partial charge >= 0.3 is 5.97 Å². The van der Waals surface area contributed by atoms with E-state index in [1.54, 1.807) is 36.5 Å². The van der Waals surface area contributed by atoms with Crippen LogP contribution in [0.3, 0.4) is 0 Å². The first-order valence-electron chi connectivity index (χ1n) is 13.4. The van der Waals surface area contributed by atoms with Crippen LogP contribution in [-0.2, 0) is 9.53 Å². The first kappa shape index (κ1) is 28.7. The van der Waals surface area contributed by atoms with Gasteiger partial charge in [-0.15, -0.1) is 0 Å². The highest BCUT2D eigenvalue weighted by Gasteiger charge is 2.49. The van der Waals surface area contributed by atoms with E-state index in [1.165, 1.54) is 26.2 Å². The van der Waals surface area contributed by atoms with Crippen LogP contribution < -0.4 is 14.8 Å². The van der Waals surface area contributed by atoms with E-state index in [2.05, 4.69) is 15.3 Å². The first-order chi connectivity index (χ1) is 20.7. The quantitative estimate of drug-likeness (QED) is 0.206. The van der Waals surface area contributed by atoms with Crippen molar-refractivity contribution < 1.29 is 28.6 Å². The fraction of sp³-hybridized carbons (Fsp3) is 0.258. The minimum Gasteiger partial charge on any atom is -0.495 e. The highest BCUT2D eigenvalue weighted by atomic mass is 35.5. The molecular formula is C31H26Cl2N4O6. The molecular weight excluding hydrogens is 595 g/mol. The van der Waals surface area contributed by atoms with Crippen LogP contribution in [0, 0.1) is 5.92 Å². The van der Waals surface area contributed by atoms with Gasteiger partial charge in [-0.3, -0.25) is 19.3 Å². The van der Waals surface area contributed by atoms with Crippen LogP contribution >= 0.6 is 23.2 Å². The van der Waals surface area contributed by atoms with Crippen LogP contribution in [0.5, 0.6) is 11.5 Å². The molecule has 1 aromatic heterocycles. The van der Waals surface area contributed by atoms with Crippen LogP contribution in [-0.4, -0.2) is 66.1 Å². The molecule has 0 spiro atoms. The van der Waals surface area contributed by atoms with Crippen molar-refractivity contribution in [3.05, 3.63) is 75.9 Å². The zero-order valence-electron chi connectivity index (χ0n) is 23.4. The Kier molecular flexibility index (Phi) is 7.57. The number of hydrogen-bond acceptors (Lipinski definition) is 9. The lowest BCUT2D eigenvalue weighted by atomic mass is 10.0. The van der Waals surface area contributed by atoms with E-state index < -0.39 is 24.0 Å². The molecule has 3 aromatic carbocycles. The second kappa shape index (κ2) is 11.3. The molecule has 1 aliphatic carbocycles. The Hall–Kier alpha value is -4.41. The van der Waals surface area contributed by atoms with E-state index in [-0.39, 0.29) is 24.2 Å². The largest absolute Gasteiger partial charge is 0.495 e. The first-order valence-corrected chi connectivity index (χ1v) is 14.2. The van der Waals surface area contributed by atoms with Crippen LogP contribution in [0.25, 0.3) is 22.0 Å². The van der Waals surface area contributed by atoms with Crippen molar-refractivity contribution in [2.45, 2.75) is 24.9 Å². The normalized spacial score (nSPS) is 19.5. The lowest BCUT2D eigenvalue weighted by Gasteiger charge is -2.28. The second-order valence-corrected chi connectivity index (χ2v) is 11.0. The predicted molar refractivity (Wildman–Crippen MR) is 161 cm³/mol. The van der Waals surface area contributed by atoms with Crippen molar-refractivity contribution in [2.24, 2.45) is 5.92 Å². The van der Waals surface area contributed by atoms with Crippen molar-refractivity contribution in [3.63, 3.8) is 0 Å². The molecule has 220 valence electrons. The van der Waals surface area contributed by atoms with Crippen molar-refractivity contribution in [3.8, 4) is 22.6 Å². The predicted octanol–water partition coefficient (Wildman–Crippen LogP) is 5.65. The molecule has 0 bridgehead atoms. The number of benzene rings is 3. The smallest absolute Gasteiger partial charge is 0.308 e. The Balaban J connectivity index is 1.31. The number of nitrogens with one attached hydrogen (secondary N) is 1. The van der Waals surface area contributed by atoms with E-state index in [4.69, 9.17) is 37.4 Å². The van der Waals surface area contributed by atoms with E-state index in [0.717, 1.165) is 0 Å². The number of halogens is 2. The van der Waals surface area contributed by atoms with Gasteiger partial charge in [0, 0.05) is 23.2 Å². The maximum Gasteiger partial charge on any atom is 0.308 e. The van der Waals surface area contributed by atoms with Gasteiger partial charge in [-0.05, 0) is 42.7 Å². The number of carbonyl (C=O) groups is 3. The summed E-state index contributed by atoms with van der Waals surface area (Å²) in [6.45, 7) is 0. The molecule has 0 radical (unpaired) electrons. The fourth-order valence-electron chi connectivity index (χ4n) is 5.89. The molecule has 1 fully saturated rings. The van der Waals surface area contributed by atoms with Gasteiger partial charge in [-0.1, -0.05) is 41.4 Å². The van der Waals surface area contributed by atoms with Crippen LogP contribution in [0.2, 0.25) is 10.0 Å². The minimum absolute atomic E-state index is 0.262. The number of fused-ring (bicyclic) bond motifs is 2. The summed E-state index contributed by atoms with van der Waals surface area (Å²) >= 11 is 13.2. The number of methoxy groups -OCH3 is 3. The van der Waals surface area contributed by atoms with Crippen LogP contribution in [0.4, 0.5) is 5.95 Å². The number of rotatable bonds is 7. The summed E-state index contributed by atoms with van der Waals surface area (Å²) in [6, 6.07) is 12.7. The highest BCUT2D eigenvalue weighted by Crippen LogP contribution is 2.46. The fourth-order valence-corrected chi connectivity index (χ4v) is 6.61. The zero-order valence-corrected chi connectivity index (χ0v) is 24.9. The summed E-state index contributed by atoms with van der Waals surface area (Å²) in [4.78, 5) is 49.5. The molecule has 1 aliphatic heterocycles. The molecule has 12 heteroatoms. The van der Waals surface area contributed by atoms with E-state index in [1.807, 2.05) is 18.2 Å². The van der Waals surface area contributed by atoms with E-state index >= 15 is 0 Å². The Bertz CT molecular complexity index is 1730. The summed E-state index contributed by atoms with van der Waals surface area (Å²) in [7, 11) is 4.35. The van der Waals surface area contributed by atoms with Gasteiger partial charge in [-0.2, -0.15) is 0 Å². The molecule has 2 aliphatic rings. The van der Waals surface area contributed by atoms with E-state index in [9.17, 15) is 14.4 Å². The summed E-state index contributed by atoms with van der Waals surface area (Å²) in [5.74, 6) is -0.552. The van der Waals surface area contributed by atoms with Gasteiger partial charge in [-0.25, -0.2) is 9.97 Å². The topological polar surface area (TPSA) is 120 Å². The number of imide groups is 1. The number of anilines is 1. The van der Waals surface area contributed by atoms with Crippen LogP contribution in [0.1, 0.15) is 33.6 Å². The SMILES string of the molecule is COC(=O)C1CC(Nc2ncc3cc(-c4c(Cl)c(OC)cc(OC)c4Cl)ccc3n2)C(N2C(=O)c3ccccc3C2=O)C1. The van der Waals surface area contributed by atoms with Gasteiger partial charge in [0.15, 0.2) is 0 Å². The summed E-state index contributed by atoms with van der Waals surface area (Å²) in [5, 5.41) is 4.68. The monoisotopic (exact) mass is 620 g/mol. The maximum absolute atomic E-state index is 13.3. The number of ether oxygens (including phenoxy) is 3. The Morgan fingerprint density at radius 1 is 0.930 bits per heavy atom. The number of aromatic nitrogens is 2. The molecule has 1 N–H and O–H groups in total. The summed E-state index contributed by atoms with van der Waals surface area (Å²) in [6.07, 6.45) is 2.25. The molecule has 10 nitrogen and oxygen atoms in total. The molecule has 3 unspecified atom stereocenters. The lowest BCUT2D eigenvalue weighted by Crippen LogP contribution is -2.47. The Morgan fingerprint density at radius 2 is 1.58 bits per heavy atom. The maximum atomic E-state index is 13.3. The third-order valence-corrected chi connectivity index (χ3v) is 8.73. The molecule has 3 atom stereocenters. The molecule has 0 saturated heterocycles. The molecule has 2 amide bonds. The number of hydrogen-bond donors (Lipinski definition) is 1. The molecule has 6 rings (SSSR count). The standard InChI is InChI=1S/C31H26Cl2N4O6/c1-41-23-13-24(42-2)27(33)25(26(23)32)15-8-9-20-17(10-15)14-34-31(35-20)36-21-11-16(30(40)43-3)12-22(21)37-28(38)18-6-4-5-7-19(18)29(37)39/h4-10,13-14,16,21-22H,11-12H2,1-3H3,(H,34,35,36). The highest BCUT2D eigenvalue weighted by molar-refractivity contribution is 6.41. The summed E-state index contributed by atoms with van der Waals surface area (Å²) in [5.41, 5.74) is 2.58. The van der Waals surface area contributed by atoms with Crippen molar-refractivity contribution in [2.75, 3.05) is 26.6 Å². The van der Waals surface area contributed by atoms with Crippen molar-refractivity contribution in [1.29, 1.82) is 0 Å². The van der Waals surface area contributed by atoms with E-state index in [0.29, 0.717) is 61.1 Å². The number of esters is 1. The van der Waals surface area contributed by atoms with Gasteiger partial charge in [0.2, 0.25) is 5.95 Å². The number of carbonyl (C=O) groups excluding carboxylic acids is 3. The van der Waals surface area contributed by atoms with Crippen LogP contribution in [0.15, 0.2) is 54.7 Å². The van der Waals surface area contributed by atoms with Gasteiger partial charge < -0.3 is 19.5 Å². The van der Waals surface area contributed by atoms with Gasteiger partial charge in [0.05, 0.1) is 66.0 Å². The molecule has 2 heterocycles. The number of nitrogens with zero attached hydrogens (tertiary/aromatic N) is 3. The Morgan fingerprint density at radius 3 is 2.19 bits per heavy atom. The molecule has 1 saturated carbocycles. The van der Waals surface area contributed by atoms with Gasteiger partial charge in [0.25, 0.3) is 11.8 Å².